The van der Waals surface area contributed by atoms with Gasteiger partial charge in [-0.25, -0.2) is 12.8 Å². The van der Waals surface area contributed by atoms with Crippen molar-refractivity contribution < 1.29 is 30.8 Å². The van der Waals surface area contributed by atoms with Crippen molar-refractivity contribution in [2.75, 3.05) is 18.6 Å². The molecule has 0 aliphatic rings. The van der Waals surface area contributed by atoms with Crippen LogP contribution in [0.4, 0.5) is 17.6 Å². The zero-order valence-electron chi connectivity index (χ0n) is 18.2. The summed E-state index contributed by atoms with van der Waals surface area (Å²) in [6.45, 7) is 0.526. The van der Waals surface area contributed by atoms with E-state index in [9.17, 15) is 30.8 Å². The molecule has 3 aromatic rings. The Labute approximate surface area is 199 Å². The topological polar surface area (TPSA) is 68.2 Å². The molecule has 1 aromatic heterocycles. The van der Waals surface area contributed by atoms with Gasteiger partial charge in [0, 0.05) is 35.5 Å². The fraction of sp³-hybridized carbons (Fsp3) is 0.261. The molecular weight excluding hydrogens is 496 g/mol. The van der Waals surface area contributed by atoms with Gasteiger partial charge in [0.15, 0.2) is 0 Å². The summed E-state index contributed by atoms with van der Waals surface area (Å²) in [6, 6.07) is 11.7. The van der Waals surface area contributed by atoms with Crippen molar-refractivity contribution in [3.8, 4) is 11.1 Å². The summed E-state index contributed by atoms with van der Waals surface area (Å²) in [6.07, 6.45) is -3.89. The van der Waals surface area contributed by atoms with Gasteiger partial charge in [-0.2, -0.15) is 13.2 Å². The molecule has 1 heterocycles. The number of alkyl halides is 3. The van der Waals surface area contributed by atoms with Crippen molar-refractivity contribution in [1.29, 1.82) is 0 Å². The van der Waals surface area contributed by atoms with Crippen LogP contribution in [0.2, 0.25) is 5.02 Å². The lowest BCUT2D eigenvalue weighted by molar-refractivity contribution is -0.143. The number of hydrogen-bond donors (Lipinski definition) is 1. The molecule has 0 fully saturated rings. The summed E-state index contributed by atoms with van der Waals surface area (Å²) in [5, 5.41) is 2.40. The molecule has 1 amide bonds. The smallest absolute Gasteiger partial charge is 0.350 e. The Morgan fingerprint density at radius 2 is 1.76 bits per heavy atom. The molecule has 0 atom stereocenters. The van der Waals surface area contributed by atoms with Crippen LogP contribution in [0.5, 0.6) is 0 Å². The first kappa shape index (κ1) is 25.8. The third-order valence-corrected chi connectivity index (χ3v) is 6.31. The number of hydrogen-bond acceptors (Lipinski definition) is 3. The number of rotatable bonds is 7. The van der Waals surface area contributed by atoms with E-state index in [1.807, 2.05) is 0 Å². The zero-order chi connectivity index (χ0) is 25.3. The van der Waals surface area contributed by atoms with Crippen molar-refractivity contribution in [3.05, 3.63) is 81.9 Å². The van der Waals surface area contributed by atoms with Crippen molar-refractivity contribution >= 4 is 27.3 Å². The normalized spacial score (nSPS) is 12.1. The predicted molar refractivity (Wildman–Crippen MR) is 122 cm³/mol. The van der Waals surface area contributed by atoms with E-state index >= 15 is 0 Å². The van der Waals surface area contributed by atoms with Gasteiger partial charge in [0.25, 0.3) is 5.91 Å². The van der Waals surface area contributed by atoms with Crippen LogP contribution in [0.1, 0.15) is 27.3 Å². The third-order valence-electron chi connectivity index (χ3n) is 5.13. The first-order chi connectivity index (χ1) is 15.8. The number of amides is 1. The van der Waals surface area contributed by atoms with E-state index in [0.29, 0.717) is 5.56 Å². The first-order valence-electron chi connectivity index (χ1n) is 10.0. The second kappa shape index (κ2) is 9.79. The summed E-state index contributed by atoms with van der Waals surface area (Å²) in [5.74, 6) is -2.26. The number of halogens is 5. The van der Waals surface area contributed by atoms with E-state index in [2.05, 4.69) is 5.32 Å². The van der Waals surface area contributed by atoms with Crippen LogP contribution >= 0.6 is 11.6 Å². The average molecular weight is 517 g/mol. The van der Waals surface area contributed by atoms with E-state index in [-0.39, 0.29) is 34.8 Å². The SMILES string of the molecule is Cc1c(-c2ccc(Cl)cc2F)c(C(=O)NCCS(C)(=O)=O)n(Cc2ccccc2)c1C(F)(F)F. The molecule has 0 spiro atoms. The quantitative estimate of drug-likeness (QED) is 0.444. The molecule has 1 N–H and O–H groups in total. The Kier molecular flexibility index (Phi) is 7.42. The summed E-state index contributed by atoms with van der Waals surface area (Å²) in [7, 11) is -3.44. The maximum Gasteiger partial charge on any atom is 0.431 e. The van der Waals surface area contributed by atoms with Gasteiger partial charge in [0.2, 0.25) is 0 Å². The van der Waals surface area contributed by atoms with Crippen molar-refractivity contribution in [3.63, 3.8) is 0 Å². The Morgan fingerprint density at radius 3 is 2.32 bits per heavy atom. The van der Waals surface area contributed by atoms with Crippen molar-refractivity contribution in [1.82, 2.24) is 9.88 Å². The van der Waals surface area contributed by atoms with Crippen LogP contribution in [0, 0.1) is 12.7 Å². The number of carbonyl (C=O) groups excluding carboxylic acids is 1. The summed E-state index contributed by atoms with van der Waals surface area (Å²) in [5.41, 5.74) is -1.85. The lowest BCUT2D eigenvalue weighted by Crippen LogP contribution is -2.31. The largest absolute Gasteiger partial charge is 0.431 e. The fourth-order valence-electron chi connectivity index (χ4n) is 3.73. The highest BCUT2D eigenvalue weighted by molar-refractivity contribution is 7.90. The van der Waals surface area contributed by atoms with E-state index in [1.54, 1.807) is 30.3 Å². The maximum atomic E-state index is 14.8. The Bertz CT molecular complexity index is 1320. The van der Waals surface area contributed by atoms with Gasteiger partial charge in [-0.05, 0) is 36.2 Å². The molecular formula is C23H21ClF4N2O3S. The molecule has 0 bridgehead atoms. The van der Waals surface area contributed by atoms with E-state index in [0.717, 1.165) is 16.9 Å². The molecule has 182 valence electrons. The van der Waals surface area contributed by atoms with Gasteiger partial charge in [0.1, 0.15) is 27.0 Å². The lowest BCUT2D eigenvalue weighted by Gasteiger charge is -2.16. The van der Waals surface area contributed by atoms with Crippen molar-refractivity contribution in [2.24, 2.45) is 0 Å². The standard InChI is InChI=1S/C23H21ClF4N2O3S/c1-14-19(17-9-8-16(24)12-18(17)25)20(22(31)29-10-11-34(2,32)33)30(21(14)23(26,27)28)13-15-6-4-3-5-7-15/h3-9,12H,10-11,13H2,1-2H3,(H,29,31). The van der Waals surface area contributed by atoms with Crippen LogP contribution in [-0.4, -0.2) is 37.4 Å². The zero-order valence-corrected chi connectivity index (χ0v) is 19.8. The van der Waals surface area contributed by atoms with Crippen LogP contribution in [0.15, 0.2) is 48.5 Å². The monoisotopic (exact) mass is 516 g/mol. The van der Waals surface area contributed by atoms with Gasteiger partial charge in [-0.1, -0.05) is 41.9 Å². The lowest BCUT2D eigenvalue weighted by atomic mass is 10.00. The minimum atomic E-state index is -4.86. The van der Waals surface area contributed by atoms with Gasteiger partial charge < -0.3 is 9.88 Å². The second-order valence-electron chi connectivity index (χ2n) is 7.78. The van der Waals surface area contributed by atoms with E-state index in [1.165, 1.54) is 19.1 Å². The fourth-order valence-corrected chi connectivity index (χ4v) is 4.36. The molecule has 0 unspecified atom stereocenters. The minimum absolute atomic E-state index is 0.0396. The highest BCUT2D eigenvalue weighted by Gasteiger charge is 2.41. The van der Waals surface area contributed by atoms with Crippen molar-refractivity contribution in [2.45, 2.75) is 19.6 Å². The van der Waals surface area contributed by atoms with Gasteiger partial charge in [-0.15, -0.1) is 0 Å². The van der Waals surface area contributed by atoms with Crippen LogP contribution < -0.4 is 5.32 Å². The Morgan fingerprint density at radius 1 is 1.12 bits per heavy atom. The van der Waals surface area contributed by atoms with Gasteiger partial charge >= 0.3 is 6.18 Å². The Balaban J connectivity index is 2.27. The average Bonchev–Trinajstić information content (AvgIpc) is 2.99. The predicted octanol–water partition coefficient (Wildman–Crippen LogP) is 5.10. The first-order valence-corrected chi connectivity index (χ1v) is 12.5. The Hall–Kier alpha value is -2.85. The highest BCUT2D eigenvalue weighted by Crippen LogP contribution is 2.42. The summed E-state index contributed by atoms with van der Waals surface area (Å²) in [4.78, 5) is 13.2. The minimum Gasteiger partial charge on any atom is -0.350 e. The summed E-state index contributed by atoms with van der Waals surface area (Å²) < 4.78 is 81.2. The van der Waals surface area contributed by atoms with E-state index in [4.69, 9.17) is 11.6 Å². The van der Waals surface area contributed by atoms with Crippen LogP contribution in [-0.2, 0) is 22.6 Å². The van der Waals surface area contributed by atoms with E-state index < -0.39 is 44.9 Å². The van der Waals surface area contributed by atoms with Crippen LogP contribution in [0.25, 0.3) is 11.1 Å². The summed E-state index contributed by atoms with van der Waals surface area (Å²) >= 11 is 5.81. The maximum absolute atomic E-state index is 14.8. The highest BCUT2D eigenvalue weighted by atomic mass is 35.5. The second-order valence-corrected chi connectivity index (χ2v) is 10.5. The molecule has 11 heteroatoms. The molecule has 3 rings (SSSR count). The molecule has 2 aromatic carbocycles. The van der Waals surface area contributed by atoms with Gasteiger partial charge in [-0.3, -0.25) is 4.79 Å². The number of benzene rings is 2. The number of aromatic nitrogens is 1. The number of nitrogens with one attached hydrogen (secondary N) is 1. The number of nitrogens with zero attached hydrogens (tertiary/aromatic N) is 1. The molecule has 0 radical (unpaired) electrons. The number of sulfone groups is 1. The van der Waals surface area contributed by atoms with Crippen LogP contribution in [0.3, 0.4) is 0 Å². The van der Waals surface area contributed by atoms with Gasteiger partial charge in [0.05, 0.1) is 5.75 Å². The molecule has 5 nitrogen and oxygen atoms in total. The molecule has 34 heavy (non-hydrogen) atoms. The molecule has 0 aliphatic carbocycles. The molecule has 0 aliphatic heterocycles. The molecule has 0 saturated heterocycles. The molecule has 0 saturated carbocycles. The third kappa shape index (κ3) is 5.79. The number of carbonyl (C=O) groups is 1.